The number of hydrogen-bond donors (Lipinski definition) is 2. The lowest BCUT2D eigenvalue weighted by molar-refractivity contribution is 0.0940. The summed E-state index contributed by atoms with van der Waals surface area (Å²) in [4.78, 5) is 12.4. The summed E-state index contributed by atoms with van der Waals surface area (Å²) in [5, 5.41) is 2.74. The lowest BCUT2D eigenvalue weighted by atomic mass is 10.2. The number of ether oxygens (including phenoxy) is 2. The molecule has 0 heterocycles. The highest BCUT2D eigenvalue weighted by molar-refractivity contribution is 7.89. The molecule has 152 valence electrons. The number of carbonyl (C=O) groups excluding carboxylic acids is 1. The number of amides is 1. The highest BCUT2D eigenvalue weighted by atomic mass is 32.2. The summed E-state index contributed by atoms with van der Waals surface area (Å²) in [6, 6.07) is 11.3. The van der Waals surface area contributed by atoms with Gasteiger partial charge in [0, 0.05) is 12.6 Å². The van der Waals surface area contributed by atoms with Crippen molar-refractivity contribution in [3.8, 4) is 11.5 Å². The van der Waals surface area contributed by atoms with Crippen LogP contribution in [0.25, 0.3) is 0 Å². The van der Waals surface area contributed by atoms with Gasteiger partial charge in [-0.25, -0.2) is 13.1 Å². The molecule has 0 atom stereocenters. The van der Waals surface area contributed by atoms with Gasteiger partial charge in [0.05, 0.1) is 24.2 Å². The molecule has 2 rings (SSSR count). The summed E-state index contributed by atoms with van der Waals surface area (Å²) in [5.74, 6) is 0.643. The number of hydrogen-bond acceptors (Lipinski definition) is 5. The molecule has 0 aliphatic heterocycles. The summed E-state index contributed by atoms with van der Waals surface area (Å²) in [6.07, 6.45) is 0. The van der Waals surface area contributed by atoms with Gasteiger partial charge >= 0.3 is 0 Å². The molecule has 0 bridgehead atoms. The number of carbonyl (C=O) groups is 1. The first-order valence-corrected chi connectivity index (χ1v) is 10.5. The first-order chi connectivity index (χ1) is 13.3. The zero-order chi connectivity index (χ0) is 20.7. The summed E-state index contributed by atoms with van der Waals surface area (Å²) in [6.45, 7) is 6.23. The fourth-order valence-electron chi connectivity index (χ4n) is 2.50. The van der Waals surface area contributed by atoms with Crippen LogP contribution in [0.5, 0.6) is 11.5 Å². The predicted octanol–water partition coefficient (Wildman–Crippen LogP) is 2.71. The fourth-order valence-corrected chi connectivity index (χ4v) is 3.55. The number of benzene rings is 2. The highest BCUT2D eigenvalue weighted by Gasteiger charge is 2.20. The average molecular weight is 407 g/mol. The lowest BCUT2D eigenvalue weighted by Gasteiger charge is -2.14. The van der Waals surface area contributed by atoms with E-state index in [9.17, 15) is 13.2 Å². The number of sulfonamides is 1. The van der Waals surface area contributed by atoms with Gasteiger partial charge in [-0.05, 0) is 56.7 Å². The van der Waals surface area contributed by atoms with Gasteiger partial charge in [0.25, 0.3) is 5.91 Å². The Balaban J connectivity index is 2.19. The monoisotopic (exact) mass is 406 g/mol. The van der Waals surface area contributed by atoms with Crippen molar-refractivity contribution in [2.24, 2.45) is 0 Å². The summed E-state index contributed by atoms with van der Waals surface area (Å²) < 4.78 is 38.4. The van der Waals surface area contributed by atoms with Gasteiger partial charge in [-0.1, -0.05) is 12.1 Å². The normalized spacial score (nSPS) is 11.3. The average Bonchev–Trinajstić information content (AvgIpc) is 2.66. The van der Waals surface area contributed by atoms with Crippen molar-refractivity contribution in [3.63, 3.8) is 0 Å². The molecule has 2 N–H and O–H groups in total. The molecule has 0 spiro atoms. The maximum Gasteiger partial charge on any atom is 0.255 e. The summed E-state index contributed by atoms with van der Waals surface area (Å²) >= 11 is 0. The molecule has 1 amide bonds. The topological polar surface area (TPSA) is 93.7 Å². The first-order valence-electron chi connectivity index (χ1n) is 8.97. The van der Waals surface area contributed by atoms with E-state index in [1.807, 2.05) is 20.8 Å². The molecule has 7 nitrogen and oxygen atoms in total. The van der Waals surface area contributed by atoms with Gasteiger partial charge in [0.15, 0.2) is 0 Å². The minimum absolute atomic E-state index is 0.00635. The van der Waals surface area contributed by atoms with Gasteiger partial charge in [0.1, 0.15) is 11.5 Å². The minimum Gasteiger partial charge on any atom is -0.496 e. The third-order valence-corrected chi connectivity index (χ3v) is 5.25. The predicted molar refractivity (Wildman–Crippen MR) is 107 cm³/mol. The second-order valence-corrected chi connectivity index (χ2v) is 8.16. The molecule has 8 heteroatoms. The molecule has 0 aliphatic carbocycles. The standard InChI is InChI=1S/C20H26N2O5S/c1-5-27-16-8-6-15(7-9-16)13-21-28(24,25)17-10-11-19(26-4)18(12-17)20(23)22-14(2)3/h6-12,14,21H,5,13H2,1-4H3,(H,22,23). The Labute approximate surface area is 166 Å². The Kier molecular flexibility index (Phi) is 7.42. The van der Waals surface area contributed by atoms with Crippen LogP contribution in [-0.4, -0.2) is 34.1 Å². The first kappa shape index (κ1) is 21.7. The van der Waals surface area contributed by atoms with Gasteiger partial charge in [-0.15, -0.1) is 0 Å². The summed E-state index contributed by atoms with van der Waals surface area (Å²) in [5.41, 5.74) is 0.957. The van der Waals surface area contributed by atoms with Crippen molar-refractivity contribution in [3.05, 3.63) is 53.6 Å². The Morgan fingerprint density at radius 3 is 2.36 bits per heavy atom. The fraction of sp³-hybridized carbons (Fsp3) is 0.350. The smallest absolute Gasteiger partial charge is 0.255 e. The molecule has 0 aliphatic rings. The van der Waals surface area contributed by atoms with Crippen LogP contribution in [0.15, 0.2) is 47.4 Å². The molecule has 0 saturated carbocycles. The molecule has 2 aromatic rings. The molecule has 0 saturated heterocycles. The van der Waals surface area contributed by atoms with Crippen molar-refractivity contribution in [2.45, 2.75) is 38.3 Å². The van der Waals surface area contributed by atoms with Gasteiger partial charge in [-0.2, -0.15) is 0 Å². The van der Waals surface area contributed by atoms with E-state index >= 15 is 0 Å². The zero-order valence-electron chi connectivity index (χ0n) is 16.5. The second-order valence-electron chi connectivity index (χ2n) is 6.39. The van der Waals surface area contributed by atoms with Crippen molar-refractivity contribution in [1.29, 1.82) is 0 Å². The van der Waals surface area contributed by atoms with Crippen molar-refractivity contribution in [1.82, 2.24) is 10.0 Å². The molecular formula is C20H26N2O5S. The molecule has 0 unspecified atom stereocenters. The third kappa shape index (κ3) is 5.71. The van der Waals surface area contributed by atoms with Gasteiger partial charge in [-0.3, -0.25) is 4.79 Å². The quantitative estimate of drug-likeness (QED) is 0.668. The van der Waals surface area contributed by atoms with E-state index in [0.29, 0.717) is 12.4 Å². The van der Waals surface area contributed by atoms with Crippen LogP contribution in [0.2, 0.25) is 0 Å². The Morgan fingerprint density at radius 1 is 1.11 bits per heavy atom. The number of rotatable bonds is 9. The van der Waals surface area contributed by atoms with Crippen LogP contribution >= 0.6 is 0 Å². The van der Waals surface area contributed by atoms with Gasteiger partial charge in [0.2, 0.25) is 10.0 Å². The molecule has 0 aromatic heterocycles. The van der Waals surface area contributed by atoms with Crippen molar-refractivity contribution in [2.75, 3.05) is 13.7 Å². The van der Waals surface area contributed by atoms with Crippen LogP contribution in [0.1, 0.15) is 36.7 Å². The SMILES string of the molecule is CCOc1ccc(CNS(=O)(=O)c2ccc(OC)c(C(=O)NC(C)C)c2)cc1. The van der Waals surface area contributed by atoms with Crippen LogP contribution in [0.4, 0.5) is 0 Å². The van der Waals surface area contributed by atoms with E-state index in [-0.39, 0.29) is 23.0 Å². The van der Waals surface area contributed by atoms with Crippen LogP contribution < -0.4 is 19.5 Å². The molecule has 0 radical (unpaired) electrons. The van der Waals surface area contributed by atoms with E-state index in [1.54, 1.807) is 24.3 Å². The highest BCUT2D eigenvalue weighted by Crippen LogP contribution is 2.23. The van der Waals surface area contributed by atoms with E-state index in [1.165, 1.54) is 25.3 Å². The van der Waals surface area contributed by atoms with E-state index in [4.69, 9.17) is 9.47 Å². The lowest BCUT2D eigenvalue weighted by Crippen LogP contribution is -2.31. The number of nitrogens with one attached hydrogen (secondary N) is 2. The van der Waals surface area contributed by atoms with Crippen LogP contribution in [-0.2, 0) is 16.6 Å². The van der Waals surface area contributed by atoms with Crippen LogP contribution in [0.3, 0.4) is 0 Å². The summed E-state index contributed by atoms with van der Waals surface area (Å²) in [7, 11) is -2.37. The van der Waals surface area contributed by atoms with Gasteiger partial charge < -0.3 is 14.8 Å². The molecular weight excluding hydrogens is 380 g/mol. The largest absolute Gasteiger partial charge is 0.496 e. The molecule has 0 fully saturated rings. The van der Waals surface area contributed by atoms with E-state index in [0.717, 1.165) is 11.3 Å². The maximum atomic E-state index is 12.7. The Bertz CT molecular complexity index is 909. The zero-order valence-corrected chi connectivity index (χ0v) is 17.3. The molecule has 2 aromatic carbocycles. The van der Waals surface area contributed by atoms with Crippen molar-refractivity contribution >= 4 is 15.9 Å². The second kappa shape index (κ2) is 9.57. The minimum atomic E-state index is -3.81. The van der Waals surface area contributed by atoms with E-state index < -0.39 is 15.9 Å². The van der Waals surface area contributed by atoms with E-state index in [2.05, 4.69) is 10.0 Å². The third-order valence-electron chi connectivity index (χ3n) is 3.85. The molecule has 28 heavy (non-hydrogen) atoms. The Morgan fingerprint density at radius 2 is 1.79 bits per heavy atom. The maximum absolute atomic E-state index is 12.7. The number of methoxy groups -OCH3 is 1. The van der Waals surface area contributed by atoms with Crippen LogP contribution in [0, 0.1) is 0 Å². The Hall–Kier alpha value is -2.58. The van der Waals surface area contributed by atoms with Crippen molar-refractivity contribution < 1.29 is 22.7 Å².